The first-order chi connectivity index (χ1) is 17.2. The van der Waals surface area contributed by atoms with Gasteiger partial charge in [-0.1, -0.05) is 0 Å². The molecule has 1 aromatic carbocycles. The number of aromatic nitrogens is 3. The lowest BCUT2D eigenvalue weighted by atomic mass is 10.1. The molecule has 35 heavy (non-hydrogen) atoms. The zero-order chi connectivity index (χ0) is 24.0. The van der Waals surface area contributed by atoms with Crippen LogP contribution < -0.4 is 15.2 Å². The molecule has 0 amide bonds. The summed E-state index contributed by atoms with van der Waals surface area (Å²) in [4.78, 5) is 28.3. The van der Waals surface area contributed by atoms with Gasteiger partial charge in [-0.2, -0.15) is 20.1 Å². The number of nitrogens with zero attached hydrogens (tertiary/aromatic N) is 7. The summed E-state index contributed by atoms with van der Waals surface area (Å²) in [5, 5.41) is 15.1. The highest BCUT2D eigenvalue weighted by molar-refractivity contribution is 5.78. The fourth-order valence-electron chi connectivity index (χ4n) is 3.69. The standard InChI is InChI=1S/C22H24N8O5/c31-30(32)17-3-1-16(2-4-17)19-6-5-18(35-19)15-23-27-20-24-21(28-7-11-33-12-8-28)26-22(25-20)29-9-13-34-14-10-29/h1-6,15H,7-14H2,(H,24,25,26,27). The second kappa shape index (κ2) is 10.4. The van der Waals surface area contributed by atoms with Gasteiger partial charge in [-0.15, -0.1) is 0 Å². The highest BCUT2D eigenvalue weighted by atomic mass is 16.6. The molecule has 0 atom stereocenters. The Hall–Kier alpha value is -4.10. The SMILES string of the molecule is O=[N+]([O-])c1ccc(-c2ccc(C=NNc3nc(N4CCOCC4)nc(N4CCOCC4)n3)o2)cc1. The molecule has 2 aromatic heterocycles. The lowest BCUT2D eigenvalue weighted by Crippen LogP contribution is -2.40. The van der Waals surface area contributed by atoms with Gasteiger partial charge in [0.1, 0.15) is 11.5 Å². The highest BCUT2D eigenvalue weighted by Crippen LogP contribution is 2.24. The second-order valence-electron chi connectivity index (χ2n) is 7.83. The van der Waals surface area contributed by atoms with Crippen LogP contribution in [0.15, 0.2) is 45.9 Å². The van der Waals surface area contributed by atoms with Crippen molar-refractivity contribution in [2.24, 2.45) is 5.10 Å². The molecule has 0 unspecified atom stereocenters. The Labute approximate surface area is 200 Å². The molecule has 2 aliphatic heterocycles. The molecule has 0 spiro atoms. The number of hydrazone groups is 1. The van der Waals surface area contributed by atoms with E-state index in [4.69, 9.17) is 13.9 Å². The van der Waals surface area contributed by atoms with Crippen molar-refractivity contribution in [1.82, 2.24) is 15.0 Å². The molecule has 4 heterocycles. The summed E-state index contributed by atoms with van der Waals surface area (Å²) in [6, 6.07) is 9.69. The number of hydrogen-bond donors (Lipinski definition) is 1. The Morgan fingerprint density at radius 1 is 0.886 bits per heavy atom. The molecule has 182 valence electrons. The van der Waals surface area contributed by atoms with Gasteiger partial charge >= 0.3 is 0 Å². The maximum Gasteiger partial charge on any atom is 0.269 e. The normalized spacial score (nSPS) is 16.6. The summed E-state index contributed by atoms with van der Waals surface area (Å²) in [5.74, 6) is 2.54. The Kier molecular flexibility index (Phi) is 6.77. The molecule has 5 rings (SSSR count). The van der Waals surface area contributed by atoms with Gasteiger partial charge in [0.15, 0.2) is 0 Å². The third kappa shape index (κ3) is 5.53. The van der Waals surface area contributed by atoms with E-state index in [2.05, 4.69) is 35.3 Å². The highest BCUT2D eigenvalue weighted by Gasteiger charge is 2.20. The van der Waals surface area contributed by atoms with E-state index < -0.39 is 4.92 Å². The molecule has 3 aromatic rings. The van der Waals surface area contributed by atoms with E-state index in [9.17, 15) is 10.1 Å². The van der Waals surface area contributed by atoms with Crippen LogP contribution in [0.2, 0.25) is 0 Å². The molecule has 0 bridgehead atoms. The van der Waals surface area contributed by atoms with E-state index in [1.807, 2.05) is 0 Å². The van der Waals surface area contributed by atoms with Crippen molar-refractivity contribution in [2.45, 2.75) is 0 Å². The summed E-state index contributed by atoms with van der Waals surface area (Å²) < 4.78 is 16.7. The molecule has 0 saturated carbocycles. The minimum atomic E-state index is -0.439. The molecule has 2 aliphatic rings. The van der Waals surface area contributed by atoms with Crippen LogP contribution >= 0.6 is 0 Å². The van der Waals surface area contributed by atoms with Crippen molar-refractivity contribution in [2.75, 3.05) is 67.8 Å². The van der Waals surface area contributed by atoms with E-state index in [1.54, 1.807) is 24.3 Å². The van der Waals surface area contributed by atoms with Gasteiger partial charge in [-0.05, 0) is 24.3 Å². The molecule has 13 heteroatoms. The van der Waals surface area contributed by atoms with Gasteiger partial charge in [0, 0.05) is 43.9 Å². The Morgan fingerprint density at radius 3 is 2.06 bits per heavy atom. The molecule has 0 radical (unpaired) electrons. The van der Waals surface area contributed by atoms with Crippen LogP contribution in [-0.2, 0) is 9.47 Å². The summed E-state index contributed by atoms with van der Waals surface area (Å²) in [7, 11) is 0. The minimum Gasteiger partial charge on any atom is -0.455 e. The van der Waals surface area contributed by atoms with E-state index in [0.717, 1.165) is 5.56 Å². The molecule has 1 N–H and O–H groups in total. The van der Waals surface area contributed by atoms with Gasteiger partial charge < -0.3 is 23.7 Å². The van der Waals surface area contributed by atoms with E-state index in [0.29, 0.717) is 82.0 Å². The van der Waals surface area contributed by atoms with Crippen LogP contribution in [0, 0.1) is 10.1 Å². The number of nitro benzene ring substituents is 1. The number of nitro groups is 1. The Bertz CT molecular complexity index is 1150. The number of anilines is 3. The number of ether oxygens (including phenoxy) is 2. The van der Waals surface area contributed by atoms with Crippen LogP contribution in [0.3, 0.4) is 0 Å². The number of morpholine rings is 2. The van der Waals surface area contributed by atoms with Crippen molar-refractivity contribution < 1.29 is 18.8 Å². The van der Waals surface area contributed by atoms with Gasteiger partial charge in [-0.3, -0.25) is 10.1 Å². The zero-order valence-corrected chi connectivity index (χ0v) is 18.9. The average molecular weight is 480 g/mol. The molecule has 0 aliphatic carbocycles. The van der Waals surface area contributed by atoms with Crippen LogP contribution in [0.4, 0.5) is 23.5 Å². The molecule has 13 nitrogen and oxygen atoms in total. The summed E-state index contributed by atoms with van der Waals surface area (Å²) in [6.07, 6.45) is 1.52. The van der Waals surface area contributed by atoms with Crippen molar-refractivity contribution in [1.29, 1.82) is 0 Å². The van der Waals surface area contributed by atoms with Gasteiger partial charge in [0.25, 0.3) is 5.69 Å². The summed E-state index contributed by atoms with van der Waals surface area (Å²) >= 11 is 0. The van der Waals surface area contributed by atoms with Crippen molar-refractivity contribution >= 4 is 29.7 Å². The van der Waals surface area contributed by atoms with Crippen LogP contribution in [0.25, 0.3) is 11.3 Å². The van der Waals surface area contributed by atoms with Crippen LogP contribution in [-0.4, -0.2) is 78.7 Å². The number of hydrogen-bond acceptors (Lipinski definition) is 12. The summed E-state index contributed by atoms with van der Waals surface area (Å²) in [6.45, 7) is 5.29. The van der Waals surface area contributed by atoms with Gasteiger partial charge in [0.05, 0.1) is 37.6 Å². The van der Waals surface area contributed by atoms with Crippen molar-refractivity contribution in [3.63, 3.8) is 0 Å². The number of benzene rings is 1. The number of furan rings is 1. The third-order valence-corrected chi connectivity index (χ3v) is 5.55. The fraction of sp³-hybridized carbons (Fsp3) is 0.364. The predicted molar refractivity (Wildman–Crippen MR) is 128 cm³/mol. The molecular weight excluding hydrogens is 456 g/mol. The van der Waals surface area contributed by atoms with Crippen LogP contribution in [0.1, 0.15) is 5.76 Å². The van der Waals surface area contributed by atoms with E-state index in [1.165, 1.54) is 18.3 Å². The maximum atomic E-state index is 10.8. The topological polar surface area (TPSA) is 144 Å². The minimum absolute atomic E-state index is 0.0246. The maximum absolute atomic E-state index is 10.8. The fourth-order valence-corrected chi connectivity index (χ4v) is 3.69. The predicted octanol–water partition coefficient (Wildman–Crippen LogP) is 2.16. The Morgan fingerprint density at radius 2 is 1.49 bits per heavy atom. The lowest BCUT2D eigenvalue weighted by Gasteiger charge is -2.30. The van der Waals surface area contributed by atoms with Crippen molar-refractivity contribution in [3.8, 4) is 11.3 Å². The Balaban J connectivity index is 1.31. The van der Waals surface area contributed by atoms with Gasteiger partial charge in [-0.25, -0.2) is 5.43 Å². The zero-order valence-electron chi connectivity index (χ0n) is 18.9. The first-order valence-corrected chi connectivity index (χ1v) is 11.2. The van der Waals surface area contributed by atoms with Crippen LogP contribution in [0.5, 0.6) is 0 Å². The molecule has 2 fully saturated rings. The second-order valence-corrected chi connectivity index (χ2v) is 7.83. The van der Waals surface area contributed by atoms with Crippen molar-refractivity contribution in [3.05, 3.63) is 52.3 Å². The molecular formula is C22H24N8O5. The summed E-state index contributed by atoms with van der Waals surface area (Å²) in [5.41, 5.74) is 3.63. The quantitative estimate of drug-likeness (QED) is 0.302. The van der Waals surface area contributed by atoms with Gasteiger partial charge in [0.2, 0.25) is 17.8 Å². The smallest absolute Gasteiger partial charge is 0.269 e. The monoisotopic (exact) mass is 480 g/mol. The lowest BCUT2D eigenvalue weighted by molar-refractivity contribution is -0.384. The number of nitrogens with one attached hydrogen (secondary N) is 1. The number of rotatable bonds is 7. The number of non-ortho nitro benzene ring substituents is 1. The first-order valence-electron chi connectivity index (χ1n) is 11.2. The van der Waals surface area contributed by atoms with E-state index in [-0.39, 0.29) is 5.69 Å². The molecule has 2 saturated heterocycles. The first kappa shape index (κ1) is 22.7. The average Bonchev–Trinajstić information content (AvgIpc) is 3.38. The third-order valence-electron chi connectivity index (χ3n) is 5.55. The van der Waals surface area contributed by atoms with E-state index >= 15 is 0 Å². The largest absolute Gasteiger partial charge is 0.455 e.